The zero-order chi connectivity index (χ0) is 89.8. The van der Waals surface area contributed by atoms with Crippen LogP contribution in [0, 0.1) is 78.8 Å². The smallest absolute Gasteiger partial charge is 0.170 e. The Labute approximate surface area is 850 Å². The van der Waals surface area contributed by atoms with Crippen molar-refractivity contribution in [2.75, 3.05) is 0 Å². The van der Waals surface area contributed by atoms with E-state index in [0.29, 0.717) is 40.0 Å². The molecule has 136 heavy (non-hydrogen) atoms. The molecule has 23 rings (SSSR count). The van der Waals surface area contributed by atoms with Crippen LogP contribution >= 0.6 is 0 Å². The number of hydrogen-bond donors (Lipinski definition) is 0. The first-order valence-corrected chi connectivity index (χ1v) is 42.5. The van der Waals surface area contributed by atoms with E-state index >= 15 is 0 Å². The third-order valence-electron chi connectivity index (χ3n) is 22.5. The minimum absolute atomic E-state index is 0. The number of fused-ring (bicyclic) bond motifs is 5. The van der Waals surface area contributed by atoms with E-state index in [1.54, 1.807) is 37.7 Å². The standard InChI is InChI=1S/C27H17N4O.C23H17N4O.C21H21N4O.C18H15N4O.C17H13N4O.5Ir/c1-3-8-19(9-4-1)22-12-7-13-23(20-10-5-2-6-11-20)26(22)31-27(28-17-30-31)21-14-15-24-25(16-21)32-18-29-24;1-15-10-19(17-6-4-3-5-7-17)11-16(2)22(15)27-23(24-13-26-27)18-8-9-20-21(12-18)28-14-25-20;1-13(2)16-6-5-7-17(14(3)4)20(16)25-21(22-11-24-25)15-8-9-18-19(10-15)26-12-23-18;1-11-6-12(2)17(13(3)7-11)22-18(19-9-21-22)14-4-5-15-16(8-14)23-10-20-15;1-11-4-3-5-12(2)16(11)21-17(18-9-20-21)13-6-7-14-15(8-13)22-10-19-14;;;;;/h1-13,15-18H;3-7,9-14H,1-2H3;5-7,9-14H,1-4H3;5-10H,1-3H3;3-5,7-10H,1-2H3;;;;;/q5*-1;;;;;. The molecule has 0 fully saturated rings. The van der Waals surface area contributed by atoms with E-state index in [4.69, 9.17) is 22.1 Å². The molecular formula is C106H83Ir5N20O5-5. The molecule has 0 N–H and O–H groups in total. The van der Waals surface area contributed by atoms with Gasteiger partial charge in [0.15, 0.2) is 32.0 Å². The van der Waals surface area contributed by atoms with Crippen LogP contribution in [0.1, 0.15) is 89.6 Å². The first-order valence-electron chi connectivity index (χ1n) is 42.5. The van der Waals surface area contributed by atoms with Crippen LogP contribution < -0.4 is 0 Å². The van der Waals surface area contributed by atoms with E-state index in [2.05, 4.69) is 303 Å². The fourth-order valence-corrected chi connectivity index (χ4v) is 16.5. The van der Waals surface area contributed by atoms with Crippen molar-refractivity contribution in [3.05, 3.63) is 375 Å². The van der Waals surface area contributed by atoms with Gasteiger partial charge in [0, 0.05) is 139 Å². The number of hydrogen-bond acceptors (Lipinski definition) is 20. The molecule has 0 aliphatic rings. The number of oxazole rings is 5. The third kappa shape index (κ3) is 20.4. The molecule has 13 aromatic carbocycles. The third-order valence-corrected chi connectivity index (χ3v) is 22.5. The van der Waals surface area contributed by atoms with Crippen molar-refractivity contribution >= 4 is 55.5 Å². The van der Waals surface area contributed by atoms with Crippen molar-refractivity contribution in [3.63, 3.8) is 0 Å². The van der Waals surface area contributed by atoms with Crippen LogP contribution in [0.15, 0.2) is 316 Å². The predicted octanol–water partition coefficient (Wildman–Crippen LogP) is 23.8. The average molecular weight is 2680 g/mol. The van der Waals surface area contributed by atoms with Crippen molar-refractivity contribution in [3.8, 4) is 119 Å². The van der Waals surface area contributed by atoms with Gasteiger partial charge in [-0.25, -0.2) is 0 Å². The number of benzene rings is 13. The minimum atomic E-state index is 0. The van der Waals surface area contributed by atoms with Crippen LogP contribution in [0.5, 0.6) is 0 Å². The van der Waals surface area contributed by atoms with Gasteiger partial charge in [0.2, 0.25) is 0 Å². The Morgan fingerprint density at radius 1 is 0.243 bits per heavy atom. The molecule has 10 heterocycles. The van der Waals surface area contributed by atoms with E-state index in [0.717, 1.165) is 168 Å². The van der Waals surface area contributed by atoms with Gasteiger partial charge >= 0.3 is 0 Å². The van der Waals surface area contributed by atoms with E-state index in [1.807, 2.05) is 127 Å². The Bertz CT molecular complexity index is 7880. The summed E-state index contributed by atoms with van der Waals surface area (Å²) in [4.78, 5) is 43.1. The van der Waals surface area contributed by atoms with E-state index in [-0.39, 0.29) is 101 Å². The minimum Gasteiger partial charge on any atom is -0.464 e. The van der Waals surface area contributed by atoms with Crippen molar-refractivity contribution in [1.82, 2.24) is 98.7 Å². The molecule has 0 aliphatic carbocycles. The molecule has 10 aromatic heterocycles. The normalized spacial score (nSPS) is 10.9. The molecular weight excluding hydrogens is 2590 g/mol. The molecule has 0 aliphatic heterocycles. The SMILES string of the molecule is CC(C)c1cccc(C(C)C)c1-n1ncnc1-c1[c-]cc2ncoc2c1.Cc1cc(-c2ccccc2)cc(C)c1-n1ncnc1-c1[c-]cc2ncoc2c1.Cc1cc(C)c(-n2ncnc2-c2[c-]cc3ncoc3c2)c(C)c1.Cc1cccc(C)c1-n1ncnc1-c1[c-]cc2ncoc2c1.[Ir].[Ir].[Ir].[Ir].[Ir].[c-]1cc2ncoc2cc1-c1ncnn1-c1c(-c2ccccc2)cccc1-c1ccccc1. The van der Waals surface area contributed by atoms with Crippen LogP contribution in [0.2, 0.25) is 0 Å². The summed E-state index contributed by atoms with van der Waals surface area (Å²) in [5.41, 5.74) is 34.0. The summed E-state index contributed by atoms with van der Waals surface area (Å²) in [5.74, 6) is 4.37. The molecule has 5 radical (unpaired) electrons. The van der Waals surface area contributed by atoms with Crippen molar-refractivity contribution in [2.24, 2.45) is 0 Å². The largest absolute Gasteiger partial charge is 0.464 e. The van der Waals surface area contributed by atoms with Gasteiger partial charge in [-0.1, -0.05) is 221 Å². The summed E-state index contributed by atoms with van der Waals surface area (Å²) in [7, 11) is 0. The molecule has 0 saturated carbocycles. The zero-order valence-corrected chi connectivity index (χ0v) is 87.0. The molecule has 30 heteroatoms. The van der Waals surface area contributed by atoms with Gasteiger partial charge in [-0.2, -0.15) is 25.5 Å². The molecule has 0 unspecified atom stereocenters. The number of para-hydroxylation sites is 3. The molecule has 0 bridgehead atoms. The van der Waals surface area contributed by atoms with Crippen molar-refractivity contribution in [2.45, 2.75) is 88.0 Å². The van der Waals surface area contributed by atoms with Crippen LogP contribution in [-0.4, -0.2) is 98.7 Å². The molecule has 0 spiro atoms. The second-order valence-electron chi connectivity index (χ2n) is 32.1. The summed E-state index contributed by atoms with van der Waals surface area (Å²) in [5, 5.41) is 22.5. The molecule has 0 amide bonds. The molecule has 0 saturated heterocycles. The van der Waals surface area contributed by atoms with E-state index in [1.165, 1.54) is 59.8 Å². The van der Waals surface area contributed by atoms with Gasteiger partial charge in [0.25, 0.3) is 0 Å². The van der Waals surface area contributed by atoms with E-state index < -0.39 is 0 Å². The summed E-state index contributed by atoms with van der Waals surface area (Å²) < 4.78 is 36.5. The Balaban J connectivity index is 0.000000136. The first kappa shape index (κ1) is 98.2. The Morgan fingerprint density at radius 2 is 0.500 bits per heavy atom. The quantitative estimate of drug-likeness (QED) is 0.0862. The fourth-order valence-electron chi connectivity index (χ4n) is 16.5. The maximum atomic E-state index is 5.50. The van der Waals surface area contributed by atoms with Gasteiger partial charge in [0.05, 0.1) is 85.5 Å². The number of aromatic nitrogens is 20. The molecule has 25 nitrogen and oxygen atoms in total. The topological polar surface area (TPSA) is 284 Å². The predicted molar refractivity (Wildman–Crippen MR) is 504 cm³/mol. The number of rotatable bonds is 15. The number of aryl methyl sites for hydroxylation is 7. The first-order chi connectivity index (χ1) is 64.0. The average Bonchev–Trinajstić information content (AvgIpc) is 1.41. The Hall–Kier alpha value is -13.8. The monoisotopic (exact) mass is 2680 g/mol. The van der Waals surface area contributed by atoms with Gasteiger partial charge in [-0.15, -0.1) is 88.5 Å². The van der Waals surface area contributed by atoms with Crippen LogP contribution in [0.25, 0.3) is 174 Å². The molecule has 0 atom stereocenters. The second-order valence-corrected chi connectivity index (χ2v) is 32.1. The summed E-state index contributed by atoms with van der Waals surface area (Å²) in [6.07, 6.45) is 15.0. The fraction of sp³-hybridized carbons (Fsp3) is 0.123. The maximum Gasteiger partial charge on any atom is 0.170 e. The van der Waals surface area contributed by atoms with Crippen LogP contribution in [-0.2, 0) is 101 Å². The summed E-state index contributed by atoms with van der Waals surface area (Å²) in [6.45, 7) is 23.4. The van der Waals surface area contributed by atoms with Gasteiger partial charge < -0.3 is 22.1 Å². The summed E-state index contributed by atoms with van der Waals surface area (Å²) >= 11 is 0. The van der Waals surface area contributed by atoms with Gasteiger partial charge in [-0.3, -0.25) is 73.2 Å². The van der Waals surface area contributed by atoms with E-state index in [9.17, 15) is 0 Å². The second kappa shape index (κ2) is 43.7. The molecule has 687 valence electrons. The van der Waals surface area contributed by atoms with Crippen LogP contribution in [0.3, 0.4) is 0 Å². The van der Waals surface area contributed by atoms with Crippen molar-refractivity contribution in [1.29, 1.82) is 0 Å². The Kier molecular flexibility index (Phi) is 31.5. The number of nitrogens with zero attached hydrogens (tertiary/aromatic N) is 20. The summed E-state index contributed by atoms with van der Waals surface area (Å²) in [6, 6.07) is 93.4. The van der Waals surface area contributed by atoms with Crippen LogP contribution in [0.4, 0.5) is 0 Å². The molecule has 23 aromatic rings. The van der Waals surface area contributed by atoms with Crippen molar-refractivity contribution < 1.29 is 123 Å². The van der Waals surface area contributed by atoms with Gasteiger partial charge in [-0.05, 0) is 139 Å². The zero-order valence-electron chi connectivity index (χ0n) is 75.0. The Morgan fingerprint density at radius 3 is 0.801 bits per heavy atom. The van der Waals surface area contributed by atoms with Gasteiger partial charge in [0.1, 0.15) is 31.6 Å². The maximum absolute atomic E-state index is 5.50.